The maximum absolute atomic E-state index is 11.0. The quantitative estimate of drug-likeness (QED) is 0.284. The average Bonchev–Trinajstić information content (AvgIpc) is 2.66. The van der Waals surface area contributed by atoms with E-state index >= 15 is 0 Å². The van der Waals surface area contributed by atoms with Crippen LogP contribution in [0.3, 0.4) is 0 Å². The molecule has 1 N–H and O–H groups in total. The molecule has 0 aliphatic heterocycles. The molecule has 0 fully saturated rings. The first-order valence-electron chi connectivity index (χ1n) is 10.3. The number of allylic oxidation sites excluding steroid dienone is 12. The summed E-state index contributed by atoms with van der Waals surface area (Å²) in [4.78, 5) is 11.0. The highest BCUT2D eigenvalue weighted by atomic mass is 16.4. The Labute approximate surface area is 166 Å². The number of carbonyl (C=O) groups is 1. The van der Waals surface area contributed by atoms with Gasteiger partial charge in [0.1, 0.15) is 0 Å². The summed E-state index contributed by atoms with van der Waals surface area (Å²) in [5.74, 6) is -0.920. The van der Waals surface area contributed by atoms with Crippen LogP contribution in [-0.4, -0.2) is 11.1 Å². The van der Waals surface area contributed by atoms with Crippen LogP contribution in [-0.2, 0) is 4.79 Å². The molecule has 0 aliphatic carbocycles. The monoisotopic (exact) mass is 370 g/mol. The molecule has 0 heterocycles. The summed E-state index contributed by atoms with van der Waals surface area (Å²) in [5.41, 5.74) is 0. The summed E-state index contributed by atoms with van der Waals surface area (Å²) < 4.78 is 0. The summed E-state index contributed by atoms with van der Waals surface area (Å²) in [5, 5.41) is 9.08. The Kier molecular flexibility index (Phi) is 18.7. The summed E-state index contributed by atoms with van der Waals surface area (Å²) in [6, 6.07) is 0. The Hall–Kier alpha value is -2.09. The normalized spacial score (nSPS) is 14.1. The molecule has 0 aromatic carbocycles. The first-order valence-corrected chi connectivity index (χ1v) is 10.3. The molecular formula is C25H38O2. The van der Waals surface area contributed by atoms with Gasteiger partial charge in [-0.15, -0.1) is 0 Å². The molecule has 27 heavy (non-hydrogen) atoms. The largest absolute Gasteiger partial charge is 0.481 e. The van der Waals surface area contributed by atoms with Crippen LogP contribution in [0.15, 0.2) is 72.9 Å². The summed E-state index contributed by atoms with van der Waals surface area (Å²) >= 11 is 0. The number of hydrogen-bond donors (Lipinski definition) is 1. The van der Waals surface area contributed by atoms with Gasteiger partial charge in [0, 0.05) is 0 Å². The molecule has 0 aromatic heterocycles. The Morgan fingerprint density at radius 2 is 1.04 bits per heavy atom. The van der Waals surface area contributed by atoms with Gasteiger partial charge in [-0.05, 0) is 51.4 Å². The van der Waals surface area contributed by atoms with Crippen LogP contribution < -0.4 is 0 Å². The fourth-order valence-corrected chi connectivity index (χ4v) is 2.47. The summed E-state index contributed by atoms with van der Waals surface area (Å²) in [7, 11) is 0. The minimum Gasteiger partial charge on any atom is -0.481 e. The van der Waals surface area contributed by atoms with Crippen LogP contribution in [0.5, 0.6) is 0 Å². The van der Waals surface area contributed by atoms with Crippen LogP contribution in [0.4, 0.5) is 0 Å². The molecule has 1 unspecified atom stereocenters. The van der Waals surface area contributed by atoms with Gasteiger partial charge >= 0.3 is 5.97 Å². The predicted molar refractivity (Wildman–Crippen MR) is 119 cm³/mol. The lowest BCUT2D eigenvalue weighted by molar-refractivity contribution is -0.141. The smallest absolute Gasteiger partial charge is 0.306 e. The van der Waals surface area contributed by atoms with Crippen molar-refractivity contribution >= 4 is 5.97 Å². The van der Waals surface area contributed by atoms with E-state index in [1.807, 2.05) is 13.0 Å². The van der Waals surface area contributed by atoms with Crippen LogP contribution in [0.1, 0.15) is 71.6 Å². The molecule has 0 radical (unpaired) electrons. The van der Waals surface area contributed by atoms with Crippen molar-refractivity contribution in [2.75, 3.05) is 0 Å². The van der Waals surface area contributed by atoms with Gasteiger partial charge in [-0.2, -0.15) is 0 Å². The van der Waals surface area contributed by atoms with Crippen molar-refractivity contribution < 1.29 is 9.90 Å². The molecule has 0 saturated heterocycles. The van der Waals surface area contributed by atoms with E-state index in [0.29, 0.717) is 6.42 Å². The molecular weight excluding hydrogens is 332 g/mol. The Bertz CT molecular complexity index is 518. The molecule has 0 spiro atoms. The SMILES string of the molecule is CCC=CCC=CCC=CCC=CCC=CCC=CCC(CCC)C(=O)O. The van der Waals surface area contributed by atoms with Gasteiger partial charge in [-0.1, -0.05) is 93.2 Å². The fraction of sp³-hybridized carbons (Fsp3) is 0.480. The zero-order valence-corrected chi connectivity index (χ0v) is 17.2. The Morgan fingerprint density at radius 3 is 1.37 bits per heavy atom. The molecule has 1 atom stereocenters. The van der Waals surface area contributed by atoms with Crippen molar-refractivity contribution in [3.63, 3.8) is 0 Å². The highest BCUT2D eigenvalue weighted by Gasteiger charge is 2.13. The molecule has 150 valence electrons. The van der Waals surface area contributed by atoms with Crippen LogP contribution >= 0.6 is 0 Å². The van der Waals surface area contributed by atoms with Gasteiger partial charge in [0.05, 0.1) is 5.92 Å². The third kappa shape index (κ3) is 18.5. The van der Waals surface area contributed by atoms with Crippen molar-refractivity contribution in [1.29, 1.82) is 0 Å². The molecule has 0 saturated carbocycles. The van der Waals surface area contributed by atoms with E-state index in [-0.39, 0.29) is 5.92 Å². The van der Waals surface area contributed by atoms with E-state index in [9.17, 15) is 4.79 Å². The van der Waals surface area contributed by atoms with Gasteiger partial charge in [-0.3, -0.25) is 4.79 Å². The lowest BCUT2D eigenvalue weighted by atomic mass is 10.00. The number of carboxylic acids is 1. The zero-order chi connectivity index (χ0) is 20.0. The molecule has 0 rings (SSSR count). The van der Waals surface area contributed by atoms with E-state index in [0.717, 1.165) is 51.4 Å². The molecule has 0 aromatic rings. The predicted octanol–water partition coefficient (Wildman–Crippen LogP) is 7.58. The highest BCUT2D eigenvalue weighted by molar-refractivity contribution is 5.70. The van der Waals surface area contributed by atoms with Crippen LogP contribution in [0.25, 0.3) is 0 Å². The number of hydrogen-bond acceptors (Lipinski definition) is 1. The Balaban J connectivity index is 3.70. The third-order valence-corrected chi connectivity index (χ3v) is 4.00. The number of carboxylic acid groups (broad SMARTS) is 1. The summed E-state index contributed by atoms with van der Waals surface area (Å²) in [6.45, 7) is 4.17. The fourth-order valence-electron chi connectivity index (χ4n) is 2.47. The average molecular weight is 371 g/mol. The van der Waals surface area contributed by atoms with Gasteiger partial charge in [0.15, 0.2) is 0 Å². The first-order chi connectivity index (χ1) is 13.2. The lowest BCUT2D eigenvalue weighted by Gasteiger charge is -2.06. The molecule has 2 heteroatoms. The topological polar surface area (TPSA) is 37.3 Å². The van der Waals surface area contributed by atoms with Gasteiger partial charge in [0.2, 0.25) is 0 Å². The van der Waals surface area contributed by atoms with Crippen LogP contribution in [0, 0.1) is 5.92 Å². The maximum Gasteiger partial charge on any atom is 0.306 e. The highest BCUT2D eigenvalue weighted by Crippen LogP contribution is 2.12. The summed E-state index contributed by atoms with van der Waals surface area (Å²) in [6.07, 6.45) is 34.1. The van der Waals surface area contributed by atoms with E-state index in [4.69, 9.17) is 5.11 Å². The van der Waals surface area contributed by atoms with Gasteiger partial charge in [0.25, 0.3) is 0 Å². The minimum absolute atomic E-state index is 0.236. The second-order valence-electron chi connectivity index (χ2n) is 6.47. The van der Waals surface area contributed by atoms with E-state index in [1.165, 1.54) is 0 Å². The standard InChI is InChI=1S/C25H38O2/c1-3-5-6-7-8-9-10-11-12-13-14-15-16-17-18-19-20-21-23-24(22-4-2)25(26)27/h5-6,8-9,11-12,14-15,17-18,20-21,24H,3-4,7,10,13,16,19,22-23H2,1-2H3,(H,26,27). The first kappa shape index (κ1) is 24.9. The second-order valence-corrected chi connectivity index (χ2v) is 6.47. The number of rotatable bonds is 16. The third-order valence-electron chi connectivity index (χ3n) is 4.00. The maximum atomic E-state index is 11.0. The van der Waals surface area contributed by atoms with Crippen molar-refractivity contribution in [2.45, 2.75) is 71.6 Å². The van der Waals surface area contributed by atoms with Crippen LogP contribution in [0.2, 0.25) is 0 Å². The van der Waals surface area contributed by atoms with Crippen molar-refractivity contribution in [1.82, 2.24) is 0 Å². The number of aliphatic carboxylic acids is 1. The molecule has 0 aliphatic rings. The van der Waals surface area contributed by atoms with Gasteiger partial charge in [-0.25, -0.2) is 0 Å². The van der Waals surface area contributed by atoms with Crippen molar-refractivity contribution in [3.8, 4) is 0 Å². The molecule has 0 amide bonds. The van der Waals surface area contributed by atoms with Crippen molar-refractivity contribution in [3.05, 3.63) is 72.9 Å². The lowest BCUT2D eigenvalue weighted by Crippen LogP contribution is -2.12. The second kappa shape index (κ2) is 20.2. The molecule has 2 nitrogen and oxygen atoms in total. The molecule has 0 bridgehead atoms. The Morgan fingerprint density at radius 1 is 0.667 bits per heavy atom. The zero-order valence-electron chi connectivity index (χ0n) is 17.2. The van der Waals surface area contributed by atoms with Crippen molar-refractivity contribution in [2.24, 2.45) is 5.92 Å². The van der Waals surface area contributed by atoms with E-state index in [1.54, 1.807) is 0 Å². The van der Waals surface area contributed by atoms with Gasteiger partial charge < -0.3 is 5.11 Å². The van der Waals surface area contributed by atoms with E-state index in [2.05, 4.69) is 73.8 Å². The minimum atomic E-state index is -0.684. The van der Waals surface area contributed by atoms with E-state index < -0.39 is 5.97 Å².